The van der Waals surface area contributed by atoms with Crippen LogP contribution in [0.15, 0.2) is 0 Å². The highest BCUT2D eigenvalue weighted by atomic mass is 16.5. The summed E-state index contributed by atoms with van der Waals surface area (Å²) >= 11 is 0. The van der Waals surface area contributed by atoms with E-state index in [4.69, 9.17) is 9.47 Å². The third-order valence-corrected chi connectivity index (χ3v) is 7.12. The van der Waals surface area contributed by atoms with Crippen molar-refractivity contribution >= 4 is 0 Å². The van der Waals surface area contributed by atoms with Crippen LogP contribution >= 0.6 is 0 Å². The zero-order chi connectivity index (χ0) is 15.3. The van der Waals surface area contributed by atoms with Gasteiger partial charge in [-0.3, -0.25) is 0 Å². The summed E-state index contributed by atoms with van der Waals surface area (Å²) in [6.45, 7) is 15.1. The zero-order valence-electron chi connectivity index (χ0n) is 14.7. The minimum absolute atomic E-state index is 0.414. The summed E-state index contributed by atoms with van der Waals surface area (Å²) in [5, 5.41) is 0. The first-order valence-corrected chi connectivity index (χ1v) is 9.09. The summed E-state index contributed by atoms with van der Waals surface area (Å²) in [4.78, 5) is 0. The Labute approximate surface area is 131 Å². The van der Waals surface area contributed by atoms with Crippen molar-refractivity contribution in [3.8, 4) is 0 Å². The second kappa shape index (κ2) is 5.53. The Morgan fingerprint density at radius 1 is 1.19 bits per heavy atom. The Morgan fingerprint density at radius 3 is 2.43 bits per heavy atom. The van der Waals surface area contributed by atoms with E-state index in [1.807, 2.05) is 0 Å². The lowest BCUT2D eigenvalue weighted by Crippen LogP contribution is -2.40. The van der Waals surface area contributed by atoms with Crippen LogP contribution in [0.2, 0.25) is 0 Å². The van der Waals surface area contributed by atoms with Crippen molar-refractivity contribution in [2.24, 2.45) is 34.5 Å². The maximum absolute atomic E-state index is 6.19. The van der Waals surface area contributed by atoms with E-state index in [9.17, 15) is 0 Å². The van der Waals surface area contributed by atoms with E-state index in [2.05, 4.69) is 34.6 Å². The van der Waals surface area contributed by atoms with Gasteiger partial charge in [0.25, 0.3) is 0 Å². The van der Waals surface area contributed by atoms with E-state index in [-0.39, 0.29) is 0 Å². The van der Waals surface area contributed by atoms with Crippen molar-refractivity contribution in [2.75, 3.05) is 19.8 Å². The standard InChI is InChI=1S/C19H34O2/c1-6-19(13(2)3)7-8-21-14(10-19)9-18(4,5)17-15-11-20-12-16(15)17/h13-17H,6-12H2,1-5H3. The molecular weight excluding hydrogens is 260 g/mol. The van der Waals surface area contributed by atoms with Crippen molar-refractivity contribution in [1.29, 1.82) is 0 Å². The lowest BCUT2D eigenvalue weighted by Gasteiger charge is -2.45. The maximum Gasteiger partial charge on any atom is 0.0585 e. The van der Waals surface area contributed by atoms with E-state index in [1.165, 1.54) is 25.7 Å². The summed E-state index contributed by atoms with van der Waals surface area (Å²) in [5.74, 6) is 3.35. The van der Waals surface area contributed by atoms with Crippen LogP contribution in [0.5, 0.6) is 0 Å². The van der Waals surface area contributed by atoms with Gasteiger partial charge in [-0.1, -0.05) is 41.0 Å². The average Bonchev–Trinajstić information content (AvgIpc) is 2.95. The predicted molar refractivity (Wildman–Crippen MR) is 86.2 cm³/mol. The van der Waals surface area contributed by atoms with E-state index in [0.717, 1.165) is 43.5 Å². The van der Waals surface area contributed by atoms with Crippen molar-refractivity contribution in [3.05, 3.63) is 0 Å². The van der Waals surface area contributed by atoms with Gasteiger partial charge in [0.2, 0.25) is 0 Å². The van der Waals surface area contributed by atoms with Gasteiger partial charge in [0, 0.05) is 6.61 Å². The Kier molecular flexibility index (Phi) is 4.16. The smallest absolute Gasteiger partial charge is 0.0585 e. The molecule has 0 aromatic rings. The zero-order valence-corrected chi connectivity index (χ0v) is 14.7. The first-order valence-electron chi connectivity index (χ1n) is 9.09. The van der Waals surface area contributed by atoms with Crippen LogP contribution in [-0.2, 0) is 9.47 Å². The molecule has 0 bridgehead atoms. The van der Waals surface area contributed by atoms with E-state index >= 15 is 0 Å². The SMILES string of the molecule is CCC1(C(C)C)CCOC(CC(C)(C)C2C3COCC32)C1. The first-order chi connectivity index (χ1) is 9.89. The molecule has 2 heteroatoms. The highest BCUT2D eigenvalue weighted by Gasteiger charge is 2.60. The molecule has 1 saturated carbocycles. The second-order valence-electron chi connectivity index (χ2n) is 8.90. The van der Waals surface area contributed by atoms with Crippen LogP contribution in [0.4, 0.5) is 0 Å². The topological polar surface area (TPSA) is 18.5 Å². The van der Waals surface area contributed by atoms with Gasteiger partial charge in [-0.25, -0.2) is 0 Å². The number of hydrogen-bond acceptors (Lipinski definition) is 2. The molecule has 21 heavy (non-hydrogen) atoms. The van der Waals surface area contributed by atoms with Crippen LogP contribution in [-0.4, -0.2) is 25.9 Å². The Bertz CT molecular complexity index is 366. The van der Waals surface area contributed by atoms with Crippen molar-refractivity contribution < 1.29 is 9.47 Å². The van der Waals surface area contributed by atoms with Gasteiger partial charge >= 0.3 is 0 Å². The monoisotopic (exact) mass is 294 g/mol. The molecule has 0 spiro atoms. The Hall–Kier alpha value is -0.0800. The maximum atomic E-state index is 6.19. The van der Waals surface area contributed by atoms with Crippen LogP contribution in [0.25, 0.3) is 0 Å². The first kappa shape index (κ1) is 15.8. The summed E-state index contributed by atoms with van der Waals surface area (Å²) in [6.07, 6.45) is 5.52. The molecule has 2 nitrogen and oxygen atoms in total. The van der Waals surface area contributed by atoms with Gasteiger partial charge in [-0.2, -0.15) is 0 Å². The molecule has 122 valence electrons. The normalized spacial score (nSPS) is 43.1. The van der Waals surface area contributed by atoms with Crippen LogP contribution in [0.3, 0.4) is 0 Å². The molecule has 2 saturated heterocycles. The molecule has 1 aliphatic carbocycles. The van der Waals surface area contributed by atoms with Gasteiger partial charge in [0.1, 0.15) is 0 Å². The molecule has 3 fully saturated rings. The average molecular weight is 294 g/mol. The predicted octanol–water partition coefficient (Wildman–Crippen LogP) is 4.53. The molecule has 4 unspecified atom stereocenters. The molecule has 3 aliphatic rings. The number of fused-ring (bicyclic) bond motifs is 1. The molecule has 3 rings (SSSR count). The Morgan fingerprint density at radius 2 is 1.86 bits per heavy atom. The number of hydrogen-bond donors (Lipinski definition) is 0. The second-order valence-corrected chi connectivity index (χ2v) is 8.90. The van der Waals surface area contributed by atoms with E-state index < -0.39 is 0 Å². The molecule has 0 aromatic heterocycles. The van der Waals surface area contributed by atoms with Gasteiger partial charge in [0.05, 0.1) is 19.3 Å². The molecule has 2 aliphatic heterocycles. The fraction of sp³-hybridized carbons (Fsp3) is 1.00. The van der Waals surface area contributed by atoms with Gasteiger partial charge in [0.15, 0.2) is 0 Å². The lowest BCUT2D eigenvalue weighted by molar-refractivity contribution is -0.0867. The largest absolute Gasteiger partial charge is 0.381 e. The quantitative estimate of drug-likeness (QED) is 0.742. The van der Waals surface area contributed by atoms with Crippen LogP contribution in [0.1, 0.15) is 60.3 Å². The molecule has 4 atom stereocenters. The van der Waals surface area contributed by atoms with E-state index in [0.29, 0.717) is 16.9 Å². The van der Waals surface area contributed by atoms with Crippen LogP contribution in [0, 0.1) is 34.5 Å². The summed E-state index contributed by atoms with van der Waals surface area (Å²) in [5.41, 5.74) is 0.930. The molecule has 0 amide bonds. The number of ether oxygens (including phenoxy) is 2. The van der Waals surface area contributed by atoms with Crippen molar-refractivity contribution in [3.63, 3.8) is 0 Å². The highest BCUT2D eigenvalue weighted by Crippen LogP contribution is 2.61. The van der Waals surface area contributed by atoms with Gasteiger partial charge in [-0.15, -0.1) is 0 Å². The fourth-order valence-electron chi connectivity index (χ4n) is 5.55. The molecule has 2 heterocycles. The van der Waals surface area contributed by atoms with Crippen molar-refractivity contribution in [1.82, 2.24) is 0 Å². The summed E-state index contributed by atoms with van der Waals surface area (Å²) in [7, 11) is 0. The van der Waals surface area contributed by atoms with Gasteiger partial charge in [-0.05, 0) is 53.8 Å². The fourth-order valence-corrected chi connectivity index (χ4v) is 5.55. The molecule has 0 aromatic carbocycles. The highest BCUT2D eigenvalue weighted by molar-refractivity contribution is 5.07. The summed E-state index contributed by atoms with van der Waals surface area (Å²) < 4.78 is 11.8. The lowest BCUT2D eigenvalue weighted by atomic mass is 9.66. The minimum atomic E-state index is 0.414. The third kappa shape index (κ3) is 2.79. The van der Waals surface area contributed by atoms with Crippen molar-refractivity contribution in [2.45, 2.75) is 66.4 Å². The van der Waals surface area contributed by atoms with Gasteiger partial charge < -0.3 is 9.47 Å². The summed E-state index contributed by atoms with van der Waals surface area (Å²) in [6, 6.07) is 0. The molecular formula is C19H34O2. The molecule has 0 radical (unpaired) electrons. The van der Waals surface area contributed by atoms with E-state index in [1.54, 1.807) is 0 Å². The minimum Gasteiger partial charge on any atom is -0.381 e. The van der Waals surface area contributed by atoms with Crippen LogP contribution < -0.4 is 0 Å². The third-order valence-electron chi connectivity index (χ3n) is 7.12. The number of rotatable bonds is 5. The molecule has 0 N–H and O–H groups in total. The Balaban J connectivity index is 1.62.